The molecule has 0 aliphatic carbocycles. The Hall–Kier alpha value is -3.27. The van der Waals surface area contributed by atoms with Crippen molar-refractivity contribution in [3.8, 4) is 0 Å². The van der Waals surface area contributed by atoms with Gasteiger partial charge in [-0.1, -0.05) is 66.7 Å². The number of hydrogen-bond acceptors (Lipinski definition) is 7. The molecule has 3 aliphatic heterocycles. The van der Waals surface area contributed by atoms with Crippen LogP contribution in [0, 0.1) is 0 Å². The van der Waals surface area contributed by atoms with Crippen molar-refractivity contribution in [2.24, 2.45) is 5.73 Å². The summed E-state index contributed by atoms with van der Waals surface area (Å²) in [6.07, 6.45) is 1.62. The molecular formula is C32H38N4O4. The number of nitrogens with two attached hydrogens (primary N) is 1. The van der Waals surface area contributed by atoms with Crippen molar-refractivity contribution in [3.05, 3.63) is 101 Å². The number of anilines is 1. The Morgan fingerprint density at radius 2 is 1.57 bits per heavy atom. The van der Waals surface area contributed by atoms with Gasteiger partial charge in [0, 0.05) is 43.9 Å². The average Bonchev–Trinajstić information content (AvgIpc) is 3.33. The van der Waals surface area contributed by atoms with Crippen molar-refractivity contribution in [1.82, 2.24) is 10.2 Å². The summed E-state index contributed by atoms with van der Waals surface area (Å²) in [7, 11) is 0. The highest BCUT2D eigenvalue weighted by molar-refractivity contribution is 5.93. The van der Waals surface area contributed by atoms with E-state index >= 15 is 0 Å². The molecule has 0 aromatic heterocycles. The van der Waals surface area contributed by atoms with E-state index in [4.69, 9.17) is 15.2 Å². The molecule has 0 bridgehead atoms. The number of rotatable bonds is 7. The lowest BCUT2D eigenvalue weighted by Gasteiger charge is -2.45. The molecule has 0 unspecified atom stereocenters. The van der Waals surface area contributed by atoms with Crippen LogP contribution in [0.3, 0.4) is 0 Å². The fourth-order valence-electron chi connectivity index (χ4n) is 6.27. The van der Waals surface area contributed by atoms with Gasteiger partial charge < -0.3 is 35.4 Å². The first-order chi connectivity index (χ1) is 19.6. The minimum atomic E-state index is -0.501. The van der Waals surface area contributed by atoms with Crippen LogP contribution < -0.4 is 16.0 Å². The van der Waals surface area contributed by atoms with Crippen LogP contribution in [-0.4, -0.2) is 53.9 Å². The van der Waals surface area contributed by atoms with Crippen LogP contribution in [0.5, 0.6) is 0 Å². The standard InChI is InChI=1S/C32H38N4O4/c33-19-23-6-12-26(13-7-23)30-39-28(18-29(40-30)25-10-8-24(21-37)9-11-25)20-35-16-14-32(15-17-35)31(38)34-22-36(32)27-4-2-1-3-5-27/h1-13,28-30,37H,14-22,33H2,(H,34,38)/t28-,29+,30+/m1/s1. The minimum Gasteiger partial charge on any atom is -0.392 e. The molecule has 40 heavy (non-hydrogen) atoms. The molecule has 0 saturated carbocycles. The van der Waals surface area contributed by atoms with Crippen LogP contribution >= 0.6 is 0 Å². The zero-order valence-corrected chi connectivity index (χ0v) is 22.7. The minimum absolute atomic E-state index is 0.0177. The lowest BCUT2D eigenvalue weighted by molar-refractivity contribution is -0.253. The van der Waals surface area contributed by atoms with E-state index in [1.165, 1.54) is 0 Å². The third kappa shape index (κ3) is 5.38. The molecule has 3 heterocycles. The van der Waals surface area contributed by atoms with Crippen molar-refractivity contribution in [1.29, 1.82) is 0 Å². The van der Waals surface area contributed by atoms with Crippen LogP contribution in [0.25, 0.3) is 0 Å². The molecule has 3 aromatic rings. The molecule has 4 N–H and O–H groups in total. The molecular weight excluding hydrogens is 504 g/mol. The zero-order valence-electron chi connectivity index (χ0n) is 22.7. The Bertz CT molecular complexity index is 1220. The maximum atomic E-state index is 13.1. The molecule has 0 radical (unpaired) electrons. The molecule has 1 spiro atoms. The smallest absolute Gasteiger partial charge is 0.247 e. The summed E-state index contributed by atoms with van der Waals surface area (Å²) in [5, 5.41) is 12.6. The van der Waals surface area contributed by atoms with E-state index in [2.05, 4.69) is 27.2 Å². The van der Waals surface area contributed by atoms with Crippen molar-refractivity contribution >= 4 is 11.6 Å². The summed E-state index contributed by atoms with van der Waals surface area (Å²) in [6.45, 7) is 3.48. The van der Waals surface area contributed by atoms with Crippen molar-refractivity contribution in [3.63, 3.8) is 0 Å². The second kappa shape index (κ2) is 11.7. The lowest BCUT2D eigenvalue weighted by atomic mass is 9.85. The molecule has 1 amide bonds. The fourth-order valence-corrected chi connectivity index (χ4v) is 6.27. The summed E-state index contributed by atoms with van der Waals surface area (Å²) in [5.41, 5.74) is 10.4. The quantitative estimate of drug-likeness (QED) is 0.419. The predicted octanol–water partition coefficient (Wildman–Crippen LogP) is 3.61. The second-order valence-electron chi connectivity index (χ2n) is 11.1. The topological polar surface area (TPSA) is 100 Å². The zero-order chi connectivity index (χ0) is 27.5. The summed E-state index contributed by atoms with van der Waals surface area (Å²) in [4.78, 5) is 17.8. The number of amides is 1. The summed E-state index contributed by atoms with van der Waals surface area (Å²) in [6, 6.07) is 26.3. The molecule has 8 nitrogen and oxygen atoms in total. The Morgan fingerprint density at radius 3 is 2.25 bits per heavy atom. The van der Waals surface area contributed by atoms with Crippen LogP contribution in [0.1, 0.15) is 53.9 Å². The SMILES string of the molecule is NCc1ccc([C@H]2O[C@@H](CN3CCC4(CC3)C(=O)NCN4c3ccccc3)C[C@@H](c3ccc(CO)cc3)O2)cc1. The summed E-state index contributed by atoms with van der Waals surface area (Å²) < 4.78 is 13.0. The van der Waals surface area contributed by atoms with Gasteiger partial charge in [-0.2, -0.15) is 0 Å². The van der Waals surface area contributed by atoms with E-state index in [1.807, 2.05) is 66.7 Å². The largest absolute Gasteiger partial charge is 0.392 e. The maximum absolute atomic E-state index is 13.1. The third-order valence-electron chi connectivity index (χ3n) is 8.65. The second-order valence-corrected chi connectivity index (χ2v) is 11.1. The predicted molar refractivity (Wildman–Crippen MR) is 153 cm³/mol. The number of carbonyl (C=O) groups is 1. The highest BCUT2D eigenvalue weighted by Crippen LogP contribution is 2.40. The highest BCUT2D eigenvalue weighted by atomic mass is 16.7. The first kappa shape index (κ1) is 26.9. The van der Waals surface area contributed by atoms with E-state index in [0.717, 1.165) is 66.8 Å². The molecule has 3 fully saturated rings. The fraction of sp³-hybridized carbons (Fsp3) is 0.406. The van der Waals surface area contributed by atoms with Crippen molar-refractivity contribution in [2.75, 3.05) is 31.2 Å². The van der Waals surface area contributed by atoms with Gasteiger partial charge in [-0.3, -0.25) is 4.79 Å². The molecule has 210 valence electrons. The number of carbonyl (C=O) groups excluding carboxylic acids is 1. The molecule has 8 heteroatoms. The van der Waals surface area contributed by atoms with E-state index in [1.54, 1.807) is 0 Å². The number of aliphatic hydroxyl groups excluding tert-OH is 1. The first-order valence-corrected chi connectivity index (χ1v) is 14.2. The number of benzene rings is 3. The van der Waals surface area contributed by atoms with Crippen LogP contribution in [0.15, 0.2) is 78.9 Å². The summed E-state index contributed by atoms with van der Waals surface area (Å²) >= 11 is 0. The van der Waals surface area contributed by atoms with Gasteiger partial charge in [0.2, 0.25) is 5.91 Å². The number of nitrogens with one attached hydrogen (secondary N) is 1. The van der Waals surface area contributed by atoms with Crippen LogP contribution in [-0.2, 0) is 27.4 Å². The Labute approximate surface area is 235 Å². The molecule has 3 saturated heterocycles. The highest BCUT2D eigenvalue weighted by Gasteiger charge is 2.50. The van der Waals surface area contributed by atoms with Crippen molar-refractivity contribution < 1.29 is 19.4 Å². The third-order valence-corrected chi connectivity index (χ3v) is 8.65. The average molecular weight is 543 g/mol. The number of hydrogen-bond donors (Lipinski definition) is 3. The Kier molecular flexibility index (Phi) is 7.87. The van der Waals surface area contributed by atoms with E-state index < -0.39 is 11.8 Å². The van der Waals surface area contributed by atoms with Crippen LogP contribution in [0.4, 0.5) is 5.69 Å². The normalized spacial score (nSPS) is 24.8. The van der Waals surface area contributed by atoms with Gasteiger partial charge in [0.05, 0.1) is 25.5 Å². The lowest BCUT2D eigenvalue weighted by Crippen LogP contribution is -2.57. The van der Waals surface area contributed by atoms with Gasteiger partial charge in [-0.25, -0.2) is 0 Å². The number of para-hydroxylation sites is 1. The van der Waals surface area contributed by atoms with Gasteiger partial charge in [0.1, 0.15) is 5.54 Å². The maximum Gasteiger partial charge on any atom is 0.247 e. The Balaban J connectivity index is 1.17. The number of likely N-dealkylation sites (tertiary alicyclic amines) is 1. The molecule has 3 aromatic carbocycles. The van der Waals surface area contributed by atoms with Gasteiger partial charge in [0.25, 0.3) is 0 Å². The van der Waals surface area contributed by atoms with Crippen molar-refractivity contribution in [2.45, 2.75) is 56.5 Å². The van der Waals surface area contributed by atoms with Gasteiger partial charge in [-0.05, 0) is 41.7 Å². The molecule has 3 aliphatic rings. The number of ether oxygens (including phenoxy) is 2. The van der Waals surface area contributed by atoms with Crippen LogP contribution in [0.2, 0.25) is 0 Å². The Morgan fingerprint density at radius 1 is 0.900 bits per heavy atom. The number of aliphatic hydroxyl groups is 1. The molecule has 6 rings (SSSR count). The summed E-state index contributed by atoms with van der Waals surface area (Å²) in [5.74, 6) is 0.130. The van der Waals surface area contributed by atoms with E-state index in [9.17, 15) is 9.90 Å². The first-order valence-electron chi connectivity index (χ1n) is 14.2. The van der Waals surface area contributed by atoms with Gasteiger partial charge >= 0.3 is 0 Å². The number of nitrogens with zero attached hydrogens (tertiary/aromatic N) is 2. The number of piperidine rings is 1. The monoisotopic (exact) mass is 542 g/mol. The van der Waals surface area contributed by atoms with Gasteiger partial charge in [-0.15, -0.1) is 0 Å². The van der Waals surface area contributed by atoms with E-state index in [-0.39, 0.29) is 24.7 Å². The molecule has 3 atom stereocenters. The van der Waals surface area contributed by atoms with Gasteiger partial charge in [0.15, 0.2) is 6.29 Å². The van der Waals surface area contributed by atoms with E-state index in [0.29, 0.717) is 13.2 Å².